The van der Waals surface area contributed by atoms with E-state index in [1.807, 2.05) is 29.7 Å². The van der Waals surface area contributed by atoms with Crippen LogP contribution in [-0.4, -0.2) is 23.7 Å². The number of rotatable bonds is 5. The third-order valence-electron chi connectivity index (χ3n) is 1.73. The van der Waals surface area contributed by atoms with Crippen LogP contribution in [0.4, 0.5) is 4.79 Å². The number of hydrogen-bond donors (Lipinski definition) is 3. The maximum Gasteiger partial charge on any atom is 0.338 e. The van der Waals surface area contributed by atoms with E-state index in [0.29, 0.717) is 6.54 Å². The molecule has 0 atom stereocenters. The summed E-state index contributed by atoms with van der Waals surface area (Å²) in [6.45, 7) is -0.249. The highest BCUT2D eigenvalue weighted by Gasteiger charge is 2.02. The van der Waals surface area contributed by atoms with E-state index in [9.17, 15) is 9.59 Å². The number of amides is 2. The topological polar surface area (TPSA) is 87.7 Å². The Labute approximate surface area is 106 Å². The van der Waals surface area contributed by atoms with E-state index in [4.69, 9.17) is 5.11 Å². The predicted molar refractivity (Wildman–Crippen MR) is 63.1 cm³/mol. The molecule has 0 aromatic heterocycles. The molecule has 0 aliphatic heterocycles. The van der Waals surface area contributed by atoms with E-state index in [-0.39, 0.29) is 0 Å². The molecule has 0 bridgehead atoms. The van der Waals surface area contributed by atoms with Crippen molar-refractivity contribution in [3.8, 4) is 0 Å². The number of carbonyl (C=O) groups excluding carboxylic acids is 1. The lowest BCUT2D eigenvalue weighted by atomic mass is 10.2. The van der Waals surface area contributed by atoms with Gasteiger partial charge in [-0.3, -0.25) is 4.84 Å². The molecule has 3 N–H and O–H groups in total. The number of urea groups is 1. The molecular formula is C10H11BrN2O4. The van der Waals surface area contributed by atoms with Crippen molar-refractivity contribution in [3.05, 3.63) is 34.3 Å². The van der Waals surface area contributed by atoms with Crippen molar-refractivity contribution in [3.63, 3.8) is 0 Å². The molecule has 0 saturated carbocycles. The van der Waals surface area contributed by atoms with Gasteiger partial charge in [-0.2, -0.15) is 0 Å². The van der Waals surface area contributed by atoms with Gasteiger partial charge in [0, 0.05) is 11.0 Å². The van der Waals surface area contributed by atoms with E-state index in [2.05, 4.69) is 26.1 Å². The number of hydrogen-bond acceptors (Lipinski definition) is 3. The molecule has 0 saturated heterocycles. The second kappa shape index (κ2) is 6.87. The second-order valence-electron chi connectivity index (χ2n) is 3.09. The molecule has 17 heavy (non-hydrogen) atoms. The van der Waals surface area contributed by atoms with Crippen molar-refractivity contribution in [1.29, 1.82) is 0 Å². The zero-order valence-corrected chi connectivity index (χ0v) is 10.4. The molecule has 1 rings (SSSR count). The van der Waals surface area contributed by atoms with E-state index in [1.165, 1.54) is 0 Å². The zero-order chi connectivity index (χ0) is 12.7. The van der Waals surface area contributed by atoms with Crippen LogP contribution in [0.1, 0.15) is 5.56 Å². The van der Waals surface area contributed by atoms with Crippen LogP contribution in [-0.2, 0) is 16.2 Å². The quantitative estimate of drug-likeness (QED) is 0.715. The van der Waals surface area contributed by atoms with Gasteiger partial charge < -0.3 is 10.4 Å². The van der Waals surface area contributed by atoms with Gasteiger partial charge in [0.15, 0.2) is 6.61 Å². The first-order valence-electron chi connectivity index (χ1n) is 4.70. The van der Waals surface area contributed by atoms with Crippen LogP contribution in [0.3, 0.4) is 0 Å². The fourth-order valence-corrected chi connectivity index (χ4v) is 1.25. The minimum atomic E-state index is -1.15. The van der Waals surface area contributed by atoms with Crippen molar-refractivity contribution in [2.75, 3.05) is 6.61 Å². The van der Waals surface area contributed by atoms with Crippen molar-refractivity contribution < 1.29 is 19.5 Å². The van der Waals surface area contributed by atoms with Gasteiger partial charge in [-0.1, -0.05) is 28.1 Å². The lowest BCUT2D eigenvalue weighted by Gasteiger charge is -2.06. The number of hydroxylamine groups is 1. The van der Waals surface area contributed by atoms with Crippen LogP contribution in [0.15, 0.2) is 28.7 Å². The van der Waals surface area contributed by atoms with Gasteiger partial charge in [-0.25, -0.2) is 15.1 Å². The van der Waals surface area contributed by atoms with Crippen molar-refractivity contribution in [1.82, 2.24) is 10.8 Å². The predicted octanol–water partition coefficient (Wildman–Crippen LogP) is 1.26. The van der Waals surface area contributed by atoms with Gasteiger partial charge in [-0.15, -0.1) is 0 Å². The highest BCUT2D eigenvalue weighted by molar-refractivity contribution is 9.10. The first-order chi connectivity index (χ1) is 8.08. The Morgan fingerprint density at radius 1 is 1.29 bits per heavy atom. The normalized spacial score (nSPS) is 9.71. The van der Waals surface area contributed by atoms with E-state index < -0.39 is 18.6 Å². The van der Waals surface area contributed by atoms with Gasteiger partial charge in [0.25, 0.3) is 0 Å². The van der Waals surface area contributed by atoms with E-state index >= 15 is 0 Å². The maximum absolute atomic E-state index is 11.1. The number of carbonyl (C=O) groups is 2. The average molecular weight is 303 g/mol. The largest absolute Gasteiger partial charge is 0.479 e. The highest BCUT2D eigenvalue weighted by atomic mass is 79.9. The van der Waals surface area contributed by atoms with Crippen LogP contribution in [0, 0.1) is 0 Å². The van der Waals surface area contributed by atoms with E-state index in [0.717, 1.165) is 10.0 Å². The number of carboxylic acids is 1. The number of carboxylic acid groups (broad SMARTS) is 1. The van der Waals surface area contributed by atoms with Crippen LogP contribution in [0.2, 0.25) is 0 Å². The van der Waals surface area contributed by atoms with Gasteiger partial charge in [0.05, 0.1) is 0 Å². The molecular weight excluding hydrogens is 292 g/mol. The summed E-state index contributed by atoms with van der Waals surface area (Å²) in [6.07, 6.45) is 0. The maximum atomic E-state index is 11.1. The fourth-order valence-electron chi connectivity index (χ4n) is 0.984. The Bertz CT molecular complexity index is 394. The smallest absolute Gasteiger partial charge is 0.338 e. The third kappa shape index (κ3) is 5.88. The third-order valence-corrected chi connectivity index (χ3v) is 2.26. The summed E-state index contributed by atoms with van der Waals surface area (Å²) in [4.78, 5) is 25.6. The molecule has 6 nitrogen and oxygen atoms in total. The van der Waals surface area contributed by atoms with Crippen molar-refractivity contribution in [2.24, 2.45) is 0 Å². The molecule has 1 aromatic rings. The molecule has 0 aliphatic carbocycles. The SMILES string of the molecule is O=C(O)CONC(=O)NCc1ccc(Br)cc1. The lowest BCUT2D eigenvalue weighted by molar-refractivity contribution is -0.144. The minimum absolute atomic E-state index is 0.329. The summed E-state index contributed by atoms with van der Waals surface area (Å²) < 4.78 is 0.954. The molecule has 2 amide bonds. The summed E-state index contributed by atoms with van der Waals surface area (Å²) in [5, 5.41) is 10.8. The Morgan fingerprint density at radius 3 is 2.53 bits per heavy atom. The number of halogens is 1. The lowest BCUT2D eigenvalue weighted by Crippen LogP contribution is -2.36. The Balaban J connectivity index is 2.23. The van der Waals surface area contributed by atoms with Crippen LogP contribution in [0.25, 0.3) is 0 Å². The molecule has 0 heterocycles. The van der Waals surface area contributed by atoms with Crippen LogP contribution >= 0.6 is 15.9 Å². The van der Waals surface area contributed by atoms with Crippen LogP contribution in [0.5, 0.6) is 0 Å². The van der Waals surface area contributed by atoms with Crippen molar-refractivity contribution in [2.45, 2.75) is 6.54 Å². The first-order valence-corrected chi connectivity index (χ1v) is 5.49. The summed E-state index contributed by atoms with van der Waals surface area (Å²) in [5.41, 5.74) is 2.87. The summed E-state index contributed by atoms with van der Waals surface area (Å²) in [7, 11) is 0. The molecule has 0 aliphatic rings. The molecule has 0 spiro atoms. The highest BCUT2D eigenvalue weighted by Crippen LogP contribution is 2.09. The molecule has 0 fully saturated rings. The number of benzene rings is 1. The van der Waals surface area contributed by atoms with Gasteiger partial charge in [0.1, 0.15) is 0 Å². The molecule has 92 valence electrons. The fraction of sp³-hybridized carbons (Fsp3) is 0.200. The van der Waals surface area contributed by atoms with Gasteiger partial charge in [-0.05, 0) is 17.7 Å². The summed E-state index contributed by atoms with van der Waals surface area (Å²) >= 11 is 3.30. The van der Waals surface area contributed by atoms with E-state index in [1.54, 1.807) is 0 Å². The minimum Gasteiger partial charge on any atom is -0.479 e. The Kier molecular flexibility index (Phi) is 5.44. The standard InChI is InChI=1S/C10H11BrN2O4/c11-8-3-1-7(2-4-8)5-12-10(16)13-17-6-9(14)15/h1-4H,5-6H2,(H,14,15)(H2,12,13,16). The second-order valence-corrected chi connectivity index (χ2v) is 4.01. The Hall–Kier alpha value is -1.60. The summed E-state index contributed by atoms with van der Waals surface area (Å²) in [6, 6.07) is 6.82. The van der Waals surface area contributed by atoms with Crippen molar-refractivity contribution >= 4 is 27.9 Å². The molecule has 7 heteroatoms. The monoisotopic (exact) mass is 302 g/mol. The number of aliphatic carboxylic acids is 1. The molecule has 0 unspecified atom stereocenters. The summed E-state index contributed by atoms with van der Waals surface area (Å²) in [5.74, 6) is -1.15. The van der Waals surface area contributed by atoms with Gasteiger partial charge >= 0.3 is 12.0 Å². The number of nitrogens with one attached hydrogen (secondary N) is 2. The molecule has 0 radical (unpaired) electrons. The zero-order valence-electron chi connectivity index (χ0n) is 8.77. The van der Waals surface area contributed by atoms with Crippen LogP contribution < -0.4 is 10.8 Å². The first kappa shape index (κ1) is 13.5. The average Bonchev–Trinajstić information content (AvgIpc) is 2.28. The Morgan fingerprint density at radius 2 is 1.94 bits per heavy atom. The van der Waals surface area contributed by atoms with Gasteiger partial charge in [0.2, 0.25) is 0 Å². The molecule has 1 aromatic carbocycles.